The number of amides is 2. The number of rotatable bonds is 8. The molecule has 0 unspecified atom stereocenters. The zero-order valence-electron chi connectivity index (χ0n) is 17.5. The maximum atomic E-state index is 13.7. The first-order chi connectivity index (χ1) is 14.1. The fourth-order valence-corrected chi connectivity index (χ4v) is 3.42. The summed E-state index contributed by atoms with van der Waals surface area (Å²) in [5.41, 5.74) is 4.49. The number of nitrogens with one attached hydrogen (secondary N) is 1. The first-order valence-electron chi connectivity index (χ1n) is 9.92. The topological polar surface area (TPSA) is 87.9 Å². The Hall–Kier alpha value is -2.17. The lowest BCUT2D eigenvalue weighted by atomic mass is 10.1. The highest BCUT2D eigenvalue weighted by atomic mass is 19.4. The van der Waals surface area contributed by atoms with E-state index in [0.29, 0.717) is 13.1 Å². The van der Waals surface area contributed by atoms with Crippen LogP contribution in [0.25, 0.3) is 0 Å². The minimum Gasteiger partial charge on any atom is -0.370 e. The Bertz CT molecular complexity index is 755. The number of morpholine rings is 1. The number of benzene rings is 1. The highest BCUT2D eigenvalue weighted by molar-refractivity contribution is 5.98. The Balaban J connectivity index is 2.31. The first-order valence-corrected chi connectivity index (χ1v) is 9.92. The van der Waals surface area contributed by atoms with Crippen LogP contribution in [0.15, 0.2) is 18.2 Å². The van der Waals surface area contributed by atoms with E-state index in [4.69, 9.17) is 10.5 Å². The van der Waals surface area contributed by atoms with E-state index >= 15 is 0 Å². The van der Waals surface area contributed by atoms with Crippen LogP contribution in [-0.4, -0.2) is 62.1 Å². The van der Waals surface area contributed by atoms with E-state index in [1.807, 2.05) is 25.7 Å². The Labute approximate surface area is 174 Å². The molecule has 168 valence electrons. The van der Waals surface area contributed by atoms with Crippen LogP contribution in [0, 0.1) is 5.92 Å². The molecule has 2 amide bonds. The smallest absolute Gasteiger partial charge is 0.370 e. The molecule has 7 nitrogen and oxygen atoms in total. The number of nitrogens with zero attached hydrogens (tertiary/aromatic N) is 2. The summed E-state index contributed by atoms with van der Waals surface area (Å²) in [5.74, 6) is -0.745. The summed E-state index contributed by atoms with van der Waals surface area (Å²) in [5, 5.41) is 2.39. The van der Waals surface area contributed by atoms with E-state index in [9.17, 15) is 22.8 Å². The summed E-state index contributed by atoms with van der Waals surface area (Å²) >= 11 is 0. The molecule has 30 heavy (non-hydrogen) atoms. The molecule has 3 N–H and O–H groups in total. The predicted molar refractivity (Wildman–Crippen MR) is 108 cm³/mol. The van der Waals surface area contributed by atoms with Crippen LogP contribution >= 0.6 is 0 Å². The fourth-order valence-electron chi connectivity index (χ4n) is 3.42. The van der Waals surface area contributed by atoms with E-state index in [1.54, 1.807) is 0 Å². The van der Waals surface area contributed by atoms with Crippen LogP contribution < -0.4 is 16.0 Å². The molecule has 0 aliphatic carbocycles. The fraction of sp³-hybridized carbons (Fsp3) is 0.600. The standard InChI is InChI=1S/C20H29F3N4O3/c1-4-26(11-13(2)3)17(10-24)19(29)25-16-6-5-14(9-15(16)20(21,22)23)27-7-8-30-12-18(27)28/h5-6,9,13,17H,4,7-8,10-12,24H2,1-3H3,(H,25,29)/t17-/m0/s1. The Morgan fingerprint density at radius 1 is 1.37 bits per heavy atom. The van der Waals surface area contributed by atoms with Gasteiger partial charge in [-0.25, -0.2) is 0 Å². The van der Waals surface area contributed by atoms with E-state index in [0.717, 1.165) is 6.07 Å². The molecule has 0 saturated carbocycles. The average Bonchev–Trinajstić information content (AvgIpc) is 2.67. The van der Waals surface area contributed by atoms with Crippen molar-refractivity contribution < 1.29 is 27.5 Å². The third-order valence-corrected chi connectivity index (χ3v) is 4.84. The van der Waals surface area contributed by atoms with Gasteiger partial charge in [0.05, 0.1) is 17.9 Å². The van der Waals surface area contributed by atoms with Gasteiger partial charge in [0.15, 0.2) is 0 Å². The Kier molecular flexibility index (Phi) is 8.22. The van der Waals surface area contributed by atoms with Crippen molar-refractivity contribution in [2.24, 2.45) is 11.7 Å². The van der Waals surface area contributed by atoms with Crippen molar-refractivity contribution in [1.82, 2.24) is 4.90 Å². The van der Waals surface area contributed by atoms with Crippen molar-refractivity contribution in [2.75, 3.05) is 49.6 Å². The number of halogens is 3. The lowest BCUT2D eigenvalue weighted by Gasteiger charge is -2.31. The molecule has 1 fully saturated rings. The molecule has 1 aromatic rings. The third kappa shape index (κ3) is 5.93. The number of carbonyl (C=O) groups excluding carboxylic acids is 2. The van der Waals surface area contributed by atoms with Crippen molar-refractivity contribution in [3.63, 3.8) is 0 Å². The van der Waals surface area contributed by atoms with Gasteiger partial charge in [-0.3, -0.25) is 14.5 Å². The molecule has 10 heteroatoms. The maximum absolute atomic E-state index is 13.7. The number of likely N-dealkylation sites (N-methyl/N-ethyl adjacent to an activating group) is 1. The minimum atomic E-state index is -4.71. The molecule has 0 spiro atoms. The van der Waals surface area contributed by atoms with Crippen molar-refractivity contribution >= 4 is 23.2 Å². The summed E-state index contributed by atoms with van der Waals surface area (Å²) in [4.78, 5) is 27.8. The van der Waals surface area contributed by atoms with Gasteiger partial charge in [0.2, 0.25) is 5.91 Å². The number of anilines is 2. The molecule has 1 aliphatic heterocycles. The Morgan fingerprint density at radius 3 is 2.60 bits per heavy atom. The molecule has 1 heterocycles. The van der Waals surface area contributed by atoms with Gasteiger partial charge in [0.25, 0.3) is 5.91 Å². The second-order valence-electron chi connectivity index (χ2n) is 7.55. The largest absolute Gasteiger partial charge is 0.418 e. The Morgan fingerprint density at radius 2 is 2.07 bits per heavy atom. The second kappa shape index (κ2) is 10.2. The molecule has 0 aromatic heterocycles. The van der Waals surface area contributed by atoms with Gasteiger partial charge in [-0.15, -0.1) is 0 Å². The number of carbonyl (C=O) groups is 2. The van der Waals surface area contributed by atoms with Crippen molar-refractivity contribution in [3.8, 4) is 0 Å². The lowest BCUT2D eigenvalue weighted by molar-refractivity contribution is -0.137. The van der Waals surface area contributed by atoms with Crippen LogP contribution in [0.3, 0.4) is 0 Å². The molecule has 2 rings (SSSR count). The average molecular weight is 430 g/mol. The summed E-state index contributed by atoms with van der Waals surface area (Å²) in [6.07, 6.45) is -4.71. The van der Waals surface area contributed by atoms with Gasteiger partial charge >= 0.3 is 6.18 Å². The molecular weight excluding hydrogens is 401 g/mol. The first kappa shape index (κ1) is 24.1. The molecule has 1 aliphatic rings. The van der Waals surface area contributed by atoms with Crippen LogP contribution in [-0.2, 0) is 20.5 Å². The van der Waals surface area contributed by atoms with Gasteiger partial charge < -0.3 is 20.7 Å². The van der Waals surface area contributed by atoms with E-state index < -0.39 is 29.6 Å². The van der Waals surface area contributed by atoms with Crippen LogP contribution in [0.5, 0.6) is 0 Å². The summed E-state index contributed by atoms with van der Waals surface area (Å²) in [6.45, 7) is 7.18. The number of ether oxygens (including phenoxy) is 1. The molecule has 0 radical (unpaired) electrons. The predicted octanol–water partition coefficient (Wildman–Crippen LogP) is 2.31. The van der Waals surface area contributed by atoms with Crippen LogP contribution in [0.4, 0.5) is 24.5 Å². The molecule has 1 saturated heterocycles. The van der Waals surface area contributed by atoms with Crippen molar-refractivity contribution in [2.45, 2.75) is 33.0 Å². The van der Waals surface area contributed by atoms with Gasteiger partial charge in [0, 0.05) is 25.3 Å². The van der Waals surface area contributed by atoms with Crippen molar-refractivity contribution in [1.29, 1.82) is 0 Å². The molecule has 1 atom stereocenters. The maximum Gasteiger partial charge on any atom is 0.418 e. The monoisotopic (exact) mass is 430 g/mol. The highest BCUT2D eigenvalue weighted by Crippen LogP contribution is 2.37. The molecule has 0 bridgehead atoms. The second-order valence-corrected chi connectivity index (χ2v) is 7.55. The van der Waals surface area contributed by atoms with Gasteiger partial charge in [-0.2, -0.15) is 13.2 Å². The zero-order valence-corrected chi connectivity index (χ0v) is 17.5. The minimum absolute atomic E-state index is 0.0197. The van der Waals surface area contributed by atoms with E-state index in [2.05, 4.69) is 5.32 Å². The quantitative estimate of drug-likeness (QED) is 0.661. The van der Waals surface area contributed by atoms with Gasteiger partial charge in [0.1, 0.15) is 12.6 Å². The molecular formula is C20H29F3N4O3. The van der Waals surface area contributed by atoms with Gasteiger partial charge in [-0.05, 0) is 30.7 Å². The SMILES string of the molecule is CCN(CC(C)C)[C@@H](CN)C(=O)Nc1ccc(N2CCOCC2=O)cc1C(F)(F)F. The summed E-state index contributed by atoms with van der Waals surface area (Å²) < 4.78 is 46.1. The van der Waals surface area contributed by atoms with E-state index in [1.165, 1.54) is 17.0 Å². The lowest BCUT2D eigenvalue weighted by Crippen LogP contribution is -2.49. The van der Waals surface area contributed by atoms with Crippen LogP contribution in [0.2, 0.25) is 0 Å². The van der Waals surface area contributed by atoms with E-state index in [-0.39, 0.29) is 43.6 Å². The zero-order chi connectivity index (χ0) is 22.5. The summed E-state index contributed by atoms with van der Waals surface area (Å²) in [7, 11) is 0. The number of hydrogen-bond acceptors (Lipinski definition) is 5. The van der Waals surface area contributed by atoms with Crippen molar-refractivity contribution in [3.05, 3.63) is 23.8 Å². The third-order valence-electron chi connectivity index (χ3n) is 4.84. The highest BCUT2D eigenvalue weighted by Gasteiger charge is 2.36. The molecule has 1 aromatic carbocycles. The number of alkyl halides is 3. The number of nitrogens with two attached hydrogens (primary N) is 1. The normalized spacial score (nSPS) is 16.3. The number of hydrogen-bond donors (Lipinski definition) is 2. The van der Waals surface area contributed by atoms with Crippen LogP contribution in [0.1, 0.15) is 26.3 Å². The van der Waals surface area contributed by atoms with Gasteiger partial charge in [-0.1, -0.05) is 20.8 Å². The summed E-state index contributed by atoms with van der Waals surface area (Å²) in [6, 6.07) is 2.68.